The van der Waals surface area contributed by atoms with Gasteiger partial charge in [-0.25, -0.2) is 0 Å². The van der Waals surface area contributed by atoms with Crippen LogP contribution in [0.5, 0.6) is 0 Å². The van der Waals surface area contributed by atoms with E-state index >= 15 is 0 Å². The van der Waals surface area contributed by atoms with Gasteiger partial charge >= 0.3 is 0 Å². The van der Waals surface area contributed by atoms with E-state index in [0.29, 0.717) is 48.5 Å². The second-order valence-corrected chi connectivity index (χ2v) is 21.8. The van der Waals surface area contributed by atoms with Crippen molar-refractivity contribution >= 4 is 0 Å². The summed E-state index contributed by atoms with van der Waals surface area (Å²) in [5.41, 5.74) is 0.937. The van der Waals surface area contributed by atoms with Crippen LogP contribution < -0.4 is 0 Å². The van der Waals surface area contributed by atoms with Gasteiger partial charge in [0.25, 0.3) is 0 Å². The van der Waals surface area contributed by atoms with Crippen LogP contribution in [0.1, 0.15) is 199 Å². The van der Waals surface area contributed by atoms with Crippen LogP contribution in [0.25, 0.3) is 0 Å². The van der Waals surface area contributed by atoms with Crippen molar-refractivity contribution in [2.45, 2.75) is 224 Å². The molecule has 65 heavy (non-hydrogen) atoms. The molecule has 0 aromatic heterocycles. The molecule has 8 nitrogen and oxygen atoms in total. The first-order valence-corrected chi connectivity index (χ1v) is 25.7. The minimum atomic E-state index is 0. The predicted octanol–water partition coefficient (Wildman–Crippen LogP) is 14.8. The molecule has 7 saturated carbocycles. The van der Waals surface area contributed by atoms with Gasteiger partial charge in [0.15, 0.2) is 0 Å². The molecule has 7 fully saturated rings. The lowest BCUT2D eigenvalue weighted by molar-refractivity contribution is -0.0468. The molecule has 0 radical (unpaired) electrons. The fourth-order valence-corrected chi connectivity index (χ4v) is 13.8. The monoisotopic (exact) mass is 929 g/mol. The van der Waals surface area contributed by atoms with Crippen molar-refractivity contribution in [2.24, 2.45) is 64.1 Å². The fraction of sp³-hybridized carbons (Fsp3) is 1.00. The summed E-state index contributed by atoms with van der Waals surface area (Å²) in [6.07, 6.45) is 30.2. The summed E-state index contributed by atoms with van der Waals surface area (Å²) < 4.78 is 42.9. The highest BCUT2D eigenvalue weighted by Crippen LogP contribution is 2.60. The first-order chi connectivity index (χ1) is 29.4. The maximum absolute atomic E-state index is 5.94. The predicted molar refractivity (Wildman–Crippen MR) is 277 cm³/mol. The molecule has 0 N–H and O–H groups in total. The van der Waals surface area contributed by atoms with Gasteiger partial charge in [-0.3, -0.25) is 0 Å². The number of methoxy groups -OCH3 is 6. The Morgan fingerprint density at radius 2 is 0.677 bits per heavy atom. The fourth-order valence-electron chi connectivity index (χ4n) is 13.8. The quantitative estimate of drug-likeness (QED) is 0.134. The Balaban J connectivity index is 0.000000910. The molecule has 4 unspecified atom stereocenters. The van der Waals surface area contributed by atoms with Gasteiger partial charge in [0, 0.05) is 55.9 Å². The zero-order chi connectivity index (χ0) is 44.3. The number of rotatable bonds is 17. The van der Waals surface area contributed by atoms with E-state index in [1.54, 1.807) is 40.6 Å². The molecule has 0 aromatic rings. The molecule has 7 aliphatic rings. The Labute approximate surface area is 406 Å². The van der Waals surface area contributed by atoms with Crippen molar-refractivity contribution < 1.29 is 37.9 Å². The minimum absolute atomic E-state index is 0. The van der Waals surface area contributed by atoms with Crippen LogP contribution in [0.4, 0.5) is 0 Å². The highest BCUT2D eigenvalue weighted by molar-refractivity contribution is 5.01. The van der Waals surface area contributed by atoms with E-state index in [0.717, 1.165) is 79.7 Å². The average molecular weight is 930 g/mol. The summed E-state index contributed by atoms with van der Waals surface area (Å²) in [5.74, 6) is 8.83. The number of hydrogen-bond donors (Lipinski definition) is 0. The highest BCUT2D eigenvalue weighted by atomic mass is 16.5. The molecule has 2 bridgehead atoms. The molecule has 0 heterocycles. The summed E-state index contributed by atoms with van der Waals surface area (Å²) in [5, 5.41) is 0. The van der Waals surface area contributed by atoms with Crippen LogP contribution in [0.3, 0.4) is 0 Å². The molecule has 4 atom stereocenters. The van der Waals surface area contributed by atoms with Crippen molar-refractivity contribution in [3.05, 3.63) is 0 Å². The third-order valence-corrected chi connectivity index (χ3v) is 18.0. The van der Waals surface area contributed by atoms with Gasteiger partial charge in [-0.05, 0) is 206 Å². The Kier molecular flexibility index (Phi) is 33.9. The molecule has 0 aromatic carbocycles. The van der Waals surface area contributed by atoms with E-state index < -0.39 is 0 Å². The van der Waals surface area contributed by atoms with Crippen molar-refractivity contribution in [1.29, 1.82) is 0 Å². The van der Waals surface area contributed by atoms with Crippen LogP contribution in [-0.4, -0.2) is 107 Å². The van der Waals surface area contributed by atoms with Gasteiger partial charge in [0.1, 0.15) is 0 Å². The lowest BCUT2D eigenvalue weighted by Gasteiger charge is -2.46. The Bertz CT molecular complexity index is 1020. The van der Waals surface area contributed by atoms with Gasteiger partial charge in [0.05, 0.1) is 50.8 Å². The van der Waals surface area contributed by atoms with Crippen LogP contribution in [0, 0.1) is 64.1 Å². The van der Waals surface area contributed by atoms with E-state index in [-0.39, 0.29) is 29.7 Å². The molecule has 0 saturated heterocycles. The molecule has 7 rings (SSSR count). The van der Waals surface area contributed by atoms with Crippen molar-refractivity contribution in [3.63, 3.8) is 0 Å². The topological polar surface area (TPSA) is 73.8 Å². The van der Waals surface area contributed by atoms with Gasteiger partial charge < -0.3 is 37.9 Å². The highest BCUT2D eigenvalue weighted by Gasteiger charge is 2.51. The van der Waals surface area contributed by atoms with Crippen LogP contribution >= 0.6 is 0 Å². The third kappa shape index (κ3) is 19.8. The smallest absolute Gasteiger partial charge is 0.0704 e. The Hall–Kier alpha value is -0.320. The zero-order valence-corrected chi connectivity index (χ0v) is 41.9. The van der Waals surface area contributed by atoms with Gasteiger partial charge in [0.2, 0.25) is 0 Å². The molecule has 0 amide bonds. The zero-order valence-electron chi connectivity index (χ0n) is 41.9. The summed E-state index contributed by atoms with van der Waals surface area (Å²) in [6.45, 7) is 16.8. The molecule has 0 spiro atoms. The minimum Gasteiger partial charge on any atom is -0.385 e. The van der Waals surface area contributed by atoms with Crippen LogP contribution in [0.15, 0.2) is 0 Å². The summed E-state index contributed by atoms with van der Waals surface area (Å²) in [4.78, 5) is 0. The normalized spacial score (nSPS) is 33.9. The Morgan fingerprint density at radius 3 is 0.938 bits per heavy atom. The first-order valence-electron chi connectivity index (χ1n) is 25.7. The largest absolute Gasteiger partial charge is 0.385 e. The summed E-state index contributed by atoms with van der Waals surface area (Å²) in [7, 11) is 10.7. The molecular weight excluding hydrogens is 813 g/mol. The summed E-state index contributed by atoms with van der Waals surface area (Å²) >= 11 is 0. The van der Waals surface area contributed by atoms with E-state index in [1.165, 1.54) is 116 Å². The van der Waals surface area contributed by atoms with Crippen molar-refractivity contribution in [1.82, 2.24) is 0 Å². The van der Waals surface area contributed by atoms with Crippen LogP contribution in [0.2, 0.25) is 0 Å². The average Bonchev–Trinajstić information content (AvgIpc) is 4.03. The van der Waals surface area contributed by atoms with E-state index in [2.05, 4.69) is 32.4 Å². The molecule has 0 aliphatic heterocycles. The van der Waals surface area contributed by atoms with Crippen LogP contribution in [-0.2, 0) is 37.9 Å². The van der Waals surface area contributed by atoms with Gasteiger partial charge in [-0.15, -0.1) is 0 Å². The number of hydrogen-bond acceptors (Lipinski definition) is 8. The van der Waals surface area contributed by atoms with E-state index in [4.69, 9.17) is 33.2 Å². The second-order valence-electron chi connectivity index (χ2n) is 21.8. The van der Waals surface area contributed by atoms with E-state index in [9.17, 15) is 0 Å². The standard InChI is InChI=1S/C21H40O4.C17H32O2.C12H20O.C3H8O.4CH4/c1-21(2,17-5-9-19(10-6-17)24-15-13-22-3)18-7-11-20(12-8-18)25-16-14-23-4;1-17(2,13-5-9-15(18-3)10-6-13)14-7-11-16(19-4)12-8-14;1-13-7-8-4-11-9-2-3-10(6-9)12(11)5-8;1-3-4-2;;;;/h17-20H,5-16H2,1-4H3;13-16H,5-12H2,1-4H3;8-12H,2-7H2,1H3;3H2,1-2H3;4*1H4. The van der Waals surface area contributed by atoms with Crippen molar-refractivity contribution in [3.8, 4) is 0 Å². The first kappa shape index (κ1) is 64.7. The maximum Gasteiger partial charge on any atom is 0.0704 e. The number of fused-ring (bicyclic) bond motifs is 5. The third-order valence-electron chi connectivity index (χ3n) is 18.0. The maximum atomic E-state index is 5.94. The van der Waals surface area contributed by atoms with Gasteiger partial charge in [-0.1, -0.05) is 57.4 Å². The van der Waals surface area contributed by atoms with E-state index in [1.807, 2.05) is 28.3 Å². The Morgan fingerprint density at radius 1 is 0.369 bits per heavy atom. The molecule has 8 heteroatoms. The lowest BCUT2D eigenvalue weighted by atomic mass is 9.60. The van der Waals surface area contributed by atoms with Gasteiger partial charge in [-0.2, -0.15) is 0 Å². The second kappa shape index (κ2) is 34.1. The lowest BCUT2D eigenvalue weighted by Crippen LogP contribution is -2.39. The molecule has 7 aliphatic carbocycles. The molecule has 392 valence electrons. The van der Waals surface area contributed by atoms with Crippen molar-refractivity contribution in [2.75, 3.05) is 82.3 Å². The number of ether oxygens (including phenoxy) is 8. The SMILES string of the molecule is C.C.C.C.CCOC.COC1CCC(C(C)(C)C2CCC(OC)CC2)CC1.COCC1CC2C3CCC(C3)C2C1.COCCOC1CCC(C(C)(C)C2CCC(OCCOC)CC2)CC1. The summed E-state index contributed by atoms with van der Waals surface area (Å²) in [6, 6.07) is 0. The molecular formula is C57H116O8.